The lowest BCUT2D eigenvalue weighted by Gasteiger charge is -2.11. The third-order valence-corrected chi connectivity index (χ3v) is 2.78. The molecule has 0 amide bonds. The lowest BCUT2D eigenvalue weighted by Crippen LogP contribution is -2.28. The van der Waals surface area contributed by atoms with Crippen LogP contribution in [-0.2, 0) is 0 Å². The number of benzene rings is 1. The quantitative estimate of drug-likeness (QED) is 0.816. The molecule has 1 aromatic carbocycles. The molecule has 2 N–H and O–H groups in total. The molecule has 4 heteroatoms. The third-order valence-electron chi connectivity index (χ3n) is 2.12. The zero-order chi connectivity index (χ0) is 12.0. The predicted octanol–water partition coefficient (Wildman–Crippen LogP) is 2.73. The highest BCUT2D eigenvalue weighted by molar-refractivity contribution is 9.10. The molecule has 0 aliphatic heterocycles. The highest BCUT2D eigenvalue weighted by atomic mass is 79.9. The summed E-state index contributed by atoms with van der Waals surface area (Å²) < 4.78 is 0.830. The van der Waals surface area contributed by atoms with Crippen molar-refractivity contribution in [1.29, 1.82) is 5.26 Å². The third kappa shape index (κ3) is 3.84. The summed E-state index contributed by atoms with van der Waals surface area (Å²) in [5, 5.41) is 15.6. The Morgan fingerprint density at radius 2 is 2.12 bits per heavy atom. The maximum Gasteiger partial charge on any atom is 0.103 e. The van der Waals surface area contributed by atoms with Crippen molar-refractivity contribution in [2.45, 2.75) is 19.9 Å². The summed E-state index contributed by atoms with van der Waals surface area (Å²) in [5.74, 6) is 0. The van der Waals surface area contributed by atoms with Gasteiger partial charge in [-0.05, 0) is 28.1 Å². The van der Waals surface area contributed by atoms with Crippen LogP contribution in [0, 0.1) is 11.3 Å². The minimum absolute atomic E-state index is 0.486. The van der Waals surface area contributed by atoms with Crippen molar-refractivity contribution in [2.75, 3.05) is 18.4 Å². The van der Waals surface area contributed by atoms with E-state index in [-0.39, 0.29) is 0 Å². The molecular formula is C12H16BrN3. The Morgan fingerprint density at radius 3 is 2.75 bits per heavy atom. The lowest BCUT2D eigenvalue weighted by atomic mass is 10.2. The molecule has 3 nitrogen and oxygen atoms in total. The normalized spacial score (nSPS) is 10.2. The van der Waals surface area contributed by atoms with Crippen LogP contribution in [-0.4, -0.2) is 19.1 Å². The number of rotatable bonds is 5. The fourth-order valence-corrected chi connectivity index (χ4v) is 1.80. The number of nitrogens with one attached hydrogen (secondary N) is 2. The van der Waals surface area contributed by atoms with Gasteiger partial charge in [-0.15, -0.1) is 0 Å². The molecule has 0 saturated heterocycles. The van der Waals surface area contributed by atoms with E-state index in [1.807, 2.05) is 18.2 Å². The molecule has 16 heavy (non-hydrogen) atoms. The van der Waals surface area contributed by atoms with Crippen molar-refractivity contribution >= 4 is 21.6 Å². The van der Waals surface area contributed by atoms with Gasteiger partial charge in [0.25, 0.3) is 0 Å². The minimum atomic E-state index is 0.486. The van der Waals surface area contributed by atoms with Gasteiger partial charge in [-0.2, -0.15) is 5.26 Å². The van der Waals surface area contributed by atoms with E-state index in [9.17, 15) is 0 Å². The van der Waals surface area contributed by atoms with Crippen molar-refractivity contribution in [3.8, 4) is 6.07 Å². The topological polar surface area (TPSA) is 47.8 Å². The molecule has 0 unspecified atom stereocenters. The highest BCUT2D eigenvalue weighted by Crippen LogP contribution is 2.23. The largest absolute Gasteiger partial charge is 0.383 e. The second kappa shape index (κ2) is 6.51. The Morgan fingerprint density at radius 1 is 1.38 bits per heavy atom. The number of nitrogens with zero attached hydrogens (tertiary/aromatic N) is 1. The fraction of sp³-hybridized carbons (Fsp3) is 0.417. The number of hydrogen-bond acceptors (Lipinski definition) is 3. The molecule has 0 saturated carbocycles. The van der Waals surface area contributed by atoms with Crippen molar-refractivity contribution < 1.29 is 0 Å². The summed E-state index contributed by atoms with van der Waals surface area (Å²) in [6.07, 6.45) is 0. The highest BCUT2D eigenvalue weighted by Gasteiger charge is 2.04. The minimum Gasteiger partial charge on any atom is -0.383 e. The number of hydrogen-bond donors (Lipinski definition) is 2. The Bertz CT molecular complexity index is 382. The number of anilines is 1. The van der Waals surface area contributed by atoms with Gasteiger partial charge in [-0.25, -0.2) is 0 Å². The van der Waals surface area contributed by atoms with Crippen molar-refractivity contribution in [2.24, 2.45) is 0 Å². The molecule has 0 atom stereocenters. The van der Waals surface area contributed by atoms with E-state index < -0.39 is 0 Å². The molecule has 0 bridgehead atoms. The van der Waals surface area contributed by atoms with E-state index in [2.05, 4.69) is 46.5 Å². The molecule has 0 aromatic heterocycles. The molecule has 0 radical (unpaired) electrons. The second-order valence-electron chi connectivity index (χ2n) is 3.81. The zero-order valence-corrected chi connectivity index (χ0v) is 11.1. The summed E-state index contributed by atoms with van der Waals surface area (Å²) in [7, 11) is 0. The molecule has 1 rings (SSSR count). The summed E-state index contributed by atoms with van der Waals surface area (Å²) in [5.41, 5.74) is 1.54. The van der Waals surface area contributed by atoms with E-state index in [4.69, 9.17) is 5.26 Å². The molecule has 1 aromatic rings. The van der Waals surface area contributed by atoms with Gasteiger partial charge in [0.1, 0.15) is 6.07 Å². The van der Waals surface area contributed by atoms with E-state index in [0.717, 1.165) is 23.2 Å². The van der Waals surface area contributed by atoms with Crippen molar-refractivity contribution in [1.82, 2.24) is 5.32 Å². The molecule has 0 spiro atoms. The van der Waals surface area contributed by atoms with Crippen LogP contribution in [0.3, 0.4) is 0 Å². The lowest BCUT2D eigenvalue weighted by molar-refractivity contribution is 0.602. The Balaban J connectivity index is 2.54. The van der Waals surface area contributed by atoms with Crippen LogP contribution >= 0.6 is 15.9 Å². The first-order chi connectivity index (χ1) is 7.65. The van der Waals surface area contributed by atoms with Gasteiger partial charge in [-0.3, -0.25) is 0 Å². The number of halogens is 1. The maximum atomic E-state index is 9.01. The van der Waals surface area contributed by atoms with E-state index in [1.165, 1.54) is 0 Å². The van der Waals surface area contributed by atoms with Crippen LogP contribution in [0.2, 0.25) is 0 Å². The average Bonchev–Trinajstić information content (AvgIpc) is 2.24. The molecule has 0 aliphatic carbocycles. The maximum absolute atomic E-state index is 9.01. The Kier molecular flexibility index (Phi) is 5.30. The number of nitriles is 1. The predicted molar refractivity (Wildman–Crippen MR) is 70.5 cm³/mol. The monoisotopic (exact) mass is 281 g/mol. The van der Waals surface area contributed by atoms with Gasteiger partial charge in [0.15, 0.2) is 0 Å². The SMILES string of the molecule is CC(C)NCCNc1cccc(Br)c1C#N. The van der Waals surface area contributed by atoms with E-state index >= 15 is 0 Å². The van der Waals surface area contributed by atoms with Crippen molar-refractivity contribution in [3.63, 3.8) is 0 Å². The molecule has 0 fully saturated rings. The molecule has 86 valence electrons. The van der Waals surface area contributed by atoms with Crippen LogP contribution < -0.4 is 10.6 Å². The van der Waals surface area contributed by atoms with E-state index in [1.54, 1.807) is 0 Å². The standard InChI is InChI=1S/C12H16BrN3/c1-9(2)15-6-7-16-12-5-3-4-11(13)10(12)8-14/h3-5,9,15-16H,6-7H2,1-2H3. The van der Waals surface area contributed by atoms with Gasteiger partial charge in [0.2, 0.25) is 0 Å². The van der Waals surface area contributed by atoms with Gasteiger partial charge in [0.05, 0.1) is 11.3 Å². The smallest absolute Gasteiger partial charge is 0.103 e. The van der Waals surface area contributed by atoms with Gasteiger partial charge in [0, 0.05) is 23.6 Å². The van der Waals surface area contributed by atoms with E-state index in [0.29, 0.717) is 11.6 Å². The molecular weight excluding hydrogens is 266 g/mol. The van der Waals surface area contributed by atoms with Crippen LogP contribution in [0.1, 0.15) is 19.4 Å². The fourth-order valence-electron chi connectivity index (χ4n) is 1.34. The van der Waals surface area contributed by atoms with Crippen LogP contribution in [0.15, 0.2) is 22.7 Å². The zero-order valence-electron chi connectivity index (χ0n) is 9.55. The first kappa shape index (κ1) is 13.0. The Hall–Kier alpha value is -1.05. The summed E-state index contributed by atoms with van der Waals surface area (Å²) >= 11 is 3.36. The summed E-state index contributed by atoms with van der Waals surface area (Å²) in [6.45, 7) is 5.91. The first-order valence-corrected chi connectivity index (χ1v) is 6.10. The van der Waals surface area contributed by atoms with Gasteiger partial charge in [-0.1, -0.05) is 19.9 Å². The summed E-state index contributed by atoms with van der Waals surface area (Å²) in [6, 6.07) is 8.38. The Labute approximate surface area is 105 Å². The van der Waals surface area contributed by atoms with Gasteiger partial charge < -0.3 is 10.6 Å². The van der Waals surface area contributed by atoms with Crippen LogP contribution in [0.25, 0.3) is 0 Å². The second-order valence-corrected chi connectivity index (χ2v) is 4.66. The summed E-state index contributed by atoms with van der Waals surface area (Å²) in [4.78, 5) is 0. The van der Waals surface area contributed by atoms with Crippen molar-refractivity contribution in [3.05, 3.63) is 28.2 Å². The average molecular weight is 282 g/mol. The first-order valence-electron chi connectivity index (χ1n) is 5.31. The molecule has 0 aliphatic rings. The van der Waals surface area contributed by atoms with Crippen LogP contribution in [0.5, 0.6) is 0 Å². The molecule has 0 heterocycles. The van der Waals surface area contributed by atoms with Crippen LogP contribution in [0.4, 0.5) is 5.69 Å². The van der Waals surface area contributed by atoms with Gasteiger partial charge >= 0.3 is 0 Å².